The molecule has 34 heavy (non-hydrogen) atoms. The van der Waals surface area contributed by atoms with Gasteiger partial charge in [-0.3, -0.25) is 14.2 Å². The summed E-state index contributed by atoms with van der Waals surface area (Å²) in [4.78, 5) is 44.1. The zero-order chi connectivity index (χ0) is 24.4. The lowest BCUT2D eigenvalue weighted by molar-refractivity contribution is 0.0973. The molecule has 0 aliphatic carbocycles. The Morgan fingerprint density at radius 2 is 1.74 bits per heavy atom. The van der Waals surface area contributed by atoms with Crippen molar-refractivity contribution in [3.05, 3.63) is 92.4 Å². The molecule has 8 heteroatoms. The molecule has 172 valence electrons. The molecule has 0 fully saturated rings. The normalized spacial score (nSPS) is 11.1. The zero-order valence-electron chi connectivity index (χ0n) is 19.4. The number of nitrogens with zero attached hydrogens (tertiary/aromatic N) is 5. The number of rotatable bonds is 7. The van der Waals surface area contributed by atoms with Gasteiger partial charge < -0.3 is 4.57 Å². The summed E-state index contributed by atoms with van der Waals surface area (Å²) in [6, 6.07) is 15.8. The third-order valence-electron chi connectivity index (χ3n) is 5.77. The largest absolute Gasteiger partial charge is 0.337 e. The maximum Gasteiger partial charge on any atom is 0.337 e. The van der Waals surface area contributed by atoms with Crippen LogP contribution in [-0.4, -0.2) is 24.5 Å². The second-order valence-corrected chi connectivity index (χ2v) is 8.75. The van der Waals surface area contributed by atoms with E-state index in [0.29, 0.717) is 29.2 Å². The van der Waals surface area contributed by atoms with Crippen molar-refractivity contribution in [1.29, 1.82) is 5.26 Å². The molecule has 2 heterocycles. The van der Waals surface area contributed by atoms with Crippen molar-refractivity contribution in [2.75, 3.05) is 0 Å². The summed E-state index contributed by atoms with van der Waals surface area (Å²) in [6.45, 7) is 6.17. The molecule has 2 aromatic heterocycles. The number of hydrogen-bond donors (Lipinski definition) is 0. The fourth-order valence-electron chi connectivity index (χ4n) is 3.79. The Bertz CT molecular complexity index is 1510. The summed E-state index contributed by atoms with van der Waals surface area (Å²) in [5.41, 5.74) is 2.02. The van der Waals surface area contributed by atoms with Crippen molar-refractivity contribution in [2.24, 2.45) is 5.92 Å². The SMILES string of the molecule is Cc1ccc(-n2c(=O)n(CCC(C)C)c(=O)c3c2ncn3CC(=O)c2ccc(C#N)cc2)cc1. The van der Waals surface area contributed by atoms with Crippen LogP contribution in [0.5, 0.6) is 0 Å². The first-order valence-corrected chi connectivity index (χ1v) is 11.1. The Kier molecular flexibility index (Phi) is 6.28. The topological polar surface area (TPSA) is 103 Å². The van der Waals surface area contributed by atoms with Crippen LogP contribution in [0.3, 0.4) is 0 Å². The first-order chi connectivity index (χ1) is 16.3. The van der Waals surface area contributed by atoms with Gasteiger partial charge in [-0.05, 0) is 43.5 Å². The molecule has 0 radical (unpaired) electrons. The molecule has 0 unspecified atom stereocenters. The smallest absolute Gasteiger partial charge is 0.317 e. The van der Waals surface area contributed by atoms with Gasteiger partial charge in [0.25, 0.3) is 5.56 Å². The van der Waals surface area contributed by atoms with E-state index in [1.54, 1.807) is 24.3 Å². The van der Waals surface area contributed by atoms with Crippen LogP contribution in [-0.2, 0) is 13.1 Å². The minimum Gasteiger partial charge on any atom is -0.317 e. The van der Waals surface area contributed by atoms with E-state index in [4.69, 9.17) is 5.26 Å². The van der Waals surface area contributed by atoms with Gasteiger partial charge in [0.2, 0.25) is 0 Å². The van der Waals surface area contributed by atoms with Crippen LogP contribution in [0.2, 0.25) is 0 Å². The van der Waals surface area contributed by atoms with Crippen LogP contribution in [0.15, 0.2) is 64.4 Å². The maximum absolute atomic E-state index is 13.4. The molecule has 2 aromatic carbocycles. The summed E-state index contributed by atoms with van der Waals surface area (Å²) in [5, 5.41) is 8.97. The Hall–Kier alpha value is -4.25. The predicted molar refractivity (Wildman–Crippen MR) is 129 cm³/mol. The van der Waals surface area contributed by atoms with Crippen molar-refractivity contribution in [1.82, 2.24) is 18.7 Å². The van der Waals surface area contributed by atoms with Crippen LogP contribution < -0.4 is 11.2 Å². The number of carbonyl (C=O) groups is 1. The summed E-state index contributed by atoms with van der Waals surface area (Å²) in [5.74, 6) is 0.0719. The Morgan fingerprint density at radius 3 is 2.35 bits per heavy atom. The molecule has 0 amide bonds. The molecule has 4 rings (SSSR count). The van der Waals surface area contributed by atoms with Crippen molar-refractivity contribution >= 4 is 16.9 Å². The number of ketones is 1. The number of Topliss-reactive ketones (excluding diaryl/α,β-unsaturated/α-hetero) is 1. The van der Waals surface area contributed by atoms with Crippen LogP contribution >= 0.6 is 0 Å². The van der Waals surface area contributed by atoms with E-state index < -0.39 is 11.2 Å². The highest BCUT2D eigenvalue weighted by Crippen LogP contribution is 2.15. The van der Waals surface area contributed by atoms with Crippen LogP contribution in [0, 0.1) is 24.2 Å². The Labute approximate surface area is 196 Å². The van der Waals surface area contributed by atoms with Gasteiger partial charge >= 0.3 is 5.69 Å². The molecule has 0 N–H and O–H groups in total. The number of hydrogen-bond acceptors (Lipinski definition) is 5. The summed E-state index contributed by atoms with van der Waals surface area (Å²) < 4.78 is 4.15. The van der Waals surface area contributed by atoms with Gasteiger partial charge in [-0.25, -0.2) is 14.3 Å². The first-order valence-electron chi connectivity index (χ1n) is 11.1. The molecule has 0 aliphatic heterocycles. The minimum atomic E-state index is -0.464. The van der Waals surface area contributed by atoms with Crippen molar-refractivity contribution < 1.29 is 4.79 Å². The van der Waals surface area contributed by atoms with Crippen molar-refractivity contribution in [3.8, 4) is 11.8 Å². The zero-order valence-corrected chi connectivity index (χ0v) is 19.4. The molecule has 0 aliphatic rings. The van der Waals surface area contributed by atoms with Gasteiger partial charge in [-0.1, -0.05) is 43.7 Å². The number of benzene rings is 2. The number of imidazole rings is 1. The molecular weight excluding hydrogens is 430 g/mol. The quantitative estimate of drug-likeness (QED) is 0.397. The van der Waals surface area contributed by atoms with E-state index in [-0.39, 0.29) is 30.0 Å². The molecule has 0 spiro atoms. The molecule has 0 atom stereocenters. The first kappa shape index (κ1) is 22.9. The maximum atomic E-state index is 13.4. The van der Waals surface area contributed by atoms with Gasteiger partial charge in [0.15, 0.2) is 16.9 Å². The van der Waals surface area contributed by atoms with Gasteiger partial charge in [0.1, 0.15) is 0 Å². The van der Waals surface area contributed by atoms with E-state index in [2.05, 4.69) is 4.98 Å². The lowest BCUT2D eigenvalue weighted by Crippen LogP contribution is -2.40. The van der Waals surface area contributed by atoms with E-state index in [1.807, 2.05) is 51.1 Å². The highest BCUT2D eigenvalue weighted by molar-refractivity contribution is 5.96. The van der Waals surface area contributed by atoms with Gasteiger partial charge in [0.05, 0.1) is 30.2 Å². The number of carbonyl (C=O) groups excluding carboxylic acids is 1. The average molecular weight is 456 g/mol. The van der Waals surface area contributed by atoms with Crippen molar-refractivity contribution in [2.45, 2.75) is 40.3 Å². The van der Waals surface area contributed by atoms with E-state index in [0.717, 1.165) is 5.56 Å². The lowest BCUT2D eigenvalue weighted by atomic mass is 10.1. The number of fused-ring (bicyclic) bond motifs is 1. The number of aromatic nitrogens is 4. The standard InChI is InChI=1S/C26H25N5O3/c1-17(2)12-13-30-25(33)23-24(31(26(30)34)21-10-4-18(3)5-11-21)28-16-29(23)15-22(32)20-8-6-19(14-27)7-9-20/h4-11,16-17H,12-13,15H2,1-3H3. The van der Waals surface area contributed by atoms with E-state index >= 15 is 0 Å². The number of nitriles is 1. The molecule has 0 saturated carbocycles. The van der Waals surface area contributed by atoms with Crippen LogP contribution in [0.1, 0.15) is 41.8 Å². The van der Waals surface area contributed by atoms with Crippen LogP contribution in [0.4, 0.5) is 0 Å². The molecule has 0 bridgehead atoms. The molecule has 4 aromatic rings. The van der Waals surface area contributed by atoms with E-state index in [9.17, 15) is 14.4 Å². The molecule has 8 nitrogen and oxygen atoms in total. The molecule has 0 saturated heterocycles. The fourth-order valence-corrected chi connectivity index (χ4v) is 3.79. The van der Waals surface area contributed by atoms with Gasteiger partial charge in [-0.2, -0.15) is 5.26 Å². The Balaban J connectivity index is 1.86. The van der Waals surface area contributed by atoms with Gasteiger partial charge in [-0.15, -0.1) is 0 Å². The van der Waals surface area contributed by atoms with Crippen molar-refractivity contribution in [3.63, 3.8) is 0 Å². The summed E-state index contributed by atoms with van der Waals surface area (Å²) in [7, 11) is 0. The third kappa shape index (κ3) is 4.33. The Morgan fingerprint density at radius 1 is 1.06 bits per heavy atom. The lowest BCUT2D eigenvalue weighted by Gasteiger charge is -2.13. The van der Waals surface area contributed by atoms with Gasteiger partial charge in [0, 0.05) is 12.1 Å². The second kappa shape index (κ2) is 9.32. The minimum absolute atomic E-state index is 0.117. The second-order valence-electron chi connectivity index (χ2n) is 8.75. The van der Waals surface area contributed by atoms with E-state index in [1.165, 1.54) is 20.0 Å². The highest BCUT2D eigenvalue weighted by Gasteiger charge is 2.20. The third-order valence-corrected chi connectivity index (χ3v) is 5.77. The average Bonchev–Trinajstić information content (AvgIpc) is 3.23. The summed E-state index contributed by atoms with van der Waals surface area (Å²) in [6.07, 6.45) is 2.08. The fraction of sp³-hybridized carbons (Fsp3) is 0.269. The monoisotopic (exact) mass is 455 g/mol. The highest BCUT2D eigenvalue weighted by atomic mass is 16.2. The predicted octanol–water partition coefficient (Wildman–Crippen LogP) is 3.46. The summed E-state index contributed by atoms with van der Waals surface area (Å²) >= 11 is 0. The van der Waals surface area contributed by atoms with Crippen LogP contribution in [0.25, 0.3) is 16.9 Å². The molecular formula is C26H25N5O3. The number of aryl methyl sites for hydroxylation is 1.